The van der Waals surface area contributed by atoms with Crippen molar-refractivity contribution in [3.05, 3.63) is 60.2 Å². The fraction of sp³-hybridized carbons (Fsp3) is 0.440. The van der Waals surface area contributed by atoms with Crippen molar-refractivity contribution in [2.75, 3.05) is 6.54 Å². The summed E-state index contributed by atoms with van der Waals surface area (Å²) in [6.07, 6.45) is 12.5. The summed E-state index contributed by atoms with van der Waals surface area (Å²) in [4.78, 5) is 17.1. The van der Waals surface area contributed by atoms with E-state index in [0.29, 0.717) is 17.8 Å². The second-order valence-corrected chi connectivity index (χ2v) is 8.89. The normalized spacial score (nSPS) is 31.3. The van der Waals surface area contributed by atoms with Gasteiger partial charge in [-0.25, -0.2) is 4.39 Å². The highest BCUT2D eigenvalue weighted by molar-refractivity contribution is 5.82. The summed E-state index contributed by atoms with van der Waals surface area (Å²) in [6, 6.07) is 10.5. The van der Waals surface area contributed by atoms with Crippen LogP contribution in [-0.4, -0.2) is 17.4 Å². The molecule has 1 aromatic heterocycles. The number of benzene rings is 1. The minimum absolute atomic E-state index is 0.122. The molecule has 1 aromatic carbocycles. The van der Waals surface area contributed by atoms with Gasteiger partial charge in [-0.1, -0.05) is 43.5 Å². The van der Waals surface area contributed by atoms with E-state index in [-0.39, 0.29) is 17.6 Å². The van der Waals surface area contributed by atoms with E-state index in [1.165, 1.54) is 44.2 Å². The predicted molar refractivity (Wildman–Crippen MR) is 112 cm³/mol. The number of nitrogens with one attached hydrogen (secondary N) is 1. The number of carbonyl (C=O) groups excluding carboxylic acids is 1. The molecule has 1 amide bonds. The number of hydrogen-bond acceptors (Lipinski definition) is 2. The largest absolute Gasteiger partial charge is 0.356 e. The molecule has 1 saturated heterocycles. The van der Waals surface area contributed by atoms with E-state index < -0.39 is 0 Å². The Morgan fingerprint density at radius 2 is 1.97 bits per heavy atom. The Morgan fingerprint density at radius 3 is 2.79 bits per heavy atom. The van der Waals surface area contributed by atoms with E-state index in [9.17, 15) is 9.18 Å². The van der Waals surface area contributed by atoms with Gasteiger partial charge in [-0.2, -0.15) is 0 Å². The molecule has 3 fully saturated rings. The first-order valence-electron chi connectivity index (χ1n) is 10.9. The van der Waals surface area contributed by atoms with E-state index >= 15 is 0 Å². The summed E-state index contributed by atoms with van der Waals surface area (Å²) in [7, 11) is 0. The van der Waals surface area contributed by atoms with Crippen molar-refractivity contribution in [2.24, 2.45) is 29.6 Å². The third kappa shape index (κ3) is 3.61. The third-order valence-corrected chi connectivity index (χ3v) is 7.27. The molecule has 3 aliphatic rings. The summed E-state index contributed by atoms with van der Waals surface area (Å²) in [5.41, 5.74) is 2.62. The summed E-state index contributed by atoms with van der Waals surface area (Å²) >= 11 is 0. The number of halogens is 1. The number of aromatic nitrogens is 1. The van der Waals surface area contributed by atoms with Gasteiger partial charge in [-0.05, 0) is 66.4 Å². The first-order chi connectivity index (χ1) is 14.2. The lowest BCUT2D eigenvalue weighted by Gasteiger charge is -2.45. The Morgan fingerprint density at radius 1 is 1.07 bits per heavy atom. The maximum absolute atomic E-state index is 13.5. The smallest absolute Gasteiger partial charge is 0.224 e. The number of carbonyl (C=O) groups is 1. The molecule has 5 rings (SSSR count). The average Bonchev–Trinajstić information content (AvgIpc) is 3.12. The monoisotopic (exact) mass is 390 g/mol. The minimum Gasteiger partial charge on any atom is -0.356 e. The maximum Gasteiger partial charge on any atom is 0.224 e. The molecule has 2 heterocycles. The van der Waals surface area contributed by atoms with Crippen molar-refractivity contribution in [3.8, 4) is 11.1 Å². The SMILES string of the molecule is O=C1NCC2CC3CCCCC3C(/C=C/c3ccc(-c4cccc(F)c4)cn3)C12. The van der Waals surface area contributed by atoms with E-state index in [0.717, 1.165) is 29.3 Å². The quantitative estimate of drug-likeness (QED) is 0.793. The van der Waals surface area contributed by atoms with Gasteiger partial charge in [0.15, 0.2) is 0 Å². The number of amides is 1. The van der Waals surface area contributed by atoms with E-state index in [4.69, 9.17) is 0 Å². The van der Waals surface area contributed by atoms with Crippen LogP contribution in [0.15, 0.2) is 48.7 Å². The van der Waals surface area contributed by atoms with Crippen LogP contribution in [0.3, 0.4) is 0 Å². The van der Waals surface area contributed by atoms with Crippen LogP contribution in [0, 0.1) is 35.4 Å². The molecule has 2 aromatic rings. The number of fused-ring (bicyclic) bond motifs is 2. The Labute approximate surface area is 171 Å². The Bertz CT molecular complexity index is 923. The van der Waals surface area contributed by atoms with Crippen molar-refractivity contribution in [2.45, 2.75) is 32.1 Å². The highest BCUT2D eigenvalue weighted by atomic mass is 19.1. The summed E-state index contributed by atoms with van der Waals surface area (Å²) in [5, 5.41) is 3.11. The van der Waals surface area contributed by atoms with Crippen LogP contribution in [0.4, 0.5) is 4.39 Å². The lowest BCUT2D eigenvalue weighted by molar-refractivity contribution is -0.126. The van der Waals surface area contributed by atoms with Crippen LogP contribution in [0.1, 0.15) is 37.8 Å². The van der Waals surface area contributed by atoms with Gasteiger partial charge in [0.05, 0.1) is 5.69 Å². The molecular weight excluding hydrogens is 363 g/mol. The second-order valence-electron chi connectivity index (χ2n) is 8.89. The molecule has 0 spiro atoms. The molecule has 150 valence electrons. The Hall–Kier alpha value is -2.49. The molecule has 2 aliphatic carbocycles. The predicted octanol–water partition coefficient (Wildman–Crippen LogP) is 5.09. The standard InChI is InChI=1S/C25H27FN2O/c26-20-6-3-5-16(13-20)18-8-9-21(27-14-18)10-11-23-22-7-2-1-4-17(22)12-19-15-28-25(29)24(19)23/h3,5-6,8-11,13-14,17,19,22-24H,1-2,4,7,12,15H2,(H,28,29)/b11-10+. The molecule has 1 N–H and O–H groups in total. The molecule has 29 heavy (non-hydrogen) atoms. The van der Waals surface area contributed by atoms with E-state index in [1.54, 1.807) is 12.3 Å². The van der Waals surface area contributed by atoms with Gasteiger partial charge in [-0.15, -0.1) is 0 Å². The van der Waals surface area contributed by atoms with E-state index in [1.807, 2.05) is 18.2 Å². The highest BCUT2D eigenvalue weighted by Crippen LogP contribution is 2.50. The van der Waals surface area contributed by atoms with Gasteiger partial charge in [0.2, 0.25) is 5.91 Å². The minimum atomic E-state index is -0.241. The number of pyridine rings is 1. The van der Waals surface area contributed by atoms with Gasteiger partial charge in [0.1, 0.15) is 5.82 Å². The topological polar surface area (TPSA) is 42.0 Å². The molecule has 4 heteroatoms. The van der Waals surface area contributed by atoms with E-state index in [2.05, 4.69) is 22.5 Å². The van der Waals surface area contributed by atoms with Gasteiger partial charge in [0, 0.05) is 24.2 Å². The zero-order valence-electron chi connectivity index (χ0n) is 16.6. The van der Waals surface area contributed by atoms with Gasteiger partial charge >= 0.3 is 0 Å². The van der Waals surface area contributed by atoms with Crippen LogP contribution in [0.5, 0.6) is 0 Å². The van der Waals surface area contributed by atoms with Crippen LogP contribution >= 0.6 is 0 Å². The zero-order valence-corrected chi connectivity index (χ0v) is 16.6. The summed E-state index contributed by atoms with van der Waals surface area (Å²) in [6.45, 7) is 0.845. The first-order valence-corrected chi connectivity index (χ1v) is 10.9. The molecule has 5 unspecified atom stereocenters. The van der Waals surface area contributed by atoms with Gasteiger partial charge in [-0.3, -0.25) is 9.78 Å². The van der Waals surface area contributed by atoms with Crippen LogP contribution in [0.2, 0.25) is 0 Å². The highest BCUT2D eigenvalue weighted by Gasteiger charge is 2.49. The molecule has 5 atom stereocenters. The molecule has 3 nitrogen and oxygen atoms in total. The second kappa shape index (κ2) is 7.74. The Balaban J connectivity index is 1.38. The van der Waals surface area contributed by atoms with Crippen molar-refractivity contribution in [1.82, 2.24) is 10.3 Å². The lowest BCUT2D eigenvalue weighted by atomic mass is 9.58. The van der Waals surface area contributed by atoms with Gasteiger partial charge < -0.3 is 5.32 Å². The number of nitrogens with zero attached hydrogens (tertiary/aromatic N) is 1. The fourth-order valence-electron chi connectivity index (χ4n) is 5.92. The number of hydrogen-bond donors (Lipinski definition) is 1. The first kappa shape index (κ1) is 18.5. The number of rotatable bonds is 3. The maximum atomic E-state index is 13.5. The van der Waals surface area contributed by atoms with Gasteiger partial charge in [0.25, 0.3) is 0 Å². The number of allylic oxidation sites excluding steroid dienone is 1. The van der Waals surface area contributed by atoms with Crippen LogP contribution in [0.25, 0.3) is 17.2 Å². The fourth-order valence-corrected chi connectivity index (χ4v) is 5.92. The molecule has 0 radical (unpaired) electrons. The van der Waals surface area contributed by atoms with Crippen molar-refractivity contribution in [3.63, 3.8) is 0 Å². The van der Waals surface area contributed by atoms with Crippen LogP contribution < -0.4 is 5.32 Å². The molecule has 0 bridgehead atoms. The lowest BCUT2D eigenvalue weighted by Crippen LogP contribution is -2.41. The van der Waals surface area contributed by atoms with Crippen LogP contribution in [-0.2, 0) is 4.79 Å². The van der Waals surface area contributed by atoms with Crippen molar-refractivity contribution >= 4 is 12.0 Å². The molecular formula is C25H27FN2O. The van der Waals surface area contributed by atoms with Crippen molar-refractivity contribution < 1.29 is 9.18 Å². The molecule has 2 saturated carbocycles. The van der Waals surface area contributed by atoms with Crippen molar-refractivity contribution in [1.29, 1.82) is 0 Å². The Kier molecular flexibility index (Phi) is 4.94. The zero-order chi connectivity index (χ0) is 19.8. The average molecular weight is 391 g/mol. The summed E-state index contributed by atoms with van der Waals surface area (Å²) in [5.74, 6) is 2.30. The third-order valence-electron chi connectivity index (χ3n) is 7.27. The molecule has 1 aliphatic heterocycles. The summed E-state index contributed by atoms with van der Waals surface area (Å²) < 4.78 is 13.5.